The minimum Gasteiger partial charge on any atom is -0.394 e. The van der Waals surface area contributed by atoms with Crippen LogP contribution in [-0.4, -0.2) is 217 Å². The highest BCUT2D eigenvalue weighted by molar-refractivity contribution is 5.27. The van der Waals surface area contributed by atoms with Gasteiger partial charge in [-0.25, -0.2) is 0 Å². The van der Waals surface area contributed by atoms with Crippen LogP contribution in [0.15, 0.2) is 11.6 Å². The fourth-order valence-electron chi connectivity index (χ4n) is 16.9. The fraction of sp³-hybridized carbons (Fsp3) is 0.962. The van der Waals surface area contributed by atoms with Crippen molar-refractivity contribution >= 4 is 0 Å². The fourth-order valence-corrected chi connectivity index (χ4v) is 16.9. The third kappa shape index (κ3) is 8.77. The van der Waals surface area contributed by atoms with Crippen LogP contribution in [0, 0.1) is 45.3 Å². The molecule has 6 saturated heterocycles. The molecule has 29 atom stereocenters. The lowest BCUT2D eigenvalue weighted by Gasteiger charge is -2.70. The molecule has 6 aliphatic heterocycles. The van der Waals surface area contributed by atoms with Crippen molar-refractivity contribution in [1.82, 2.24) is 0 Å². The number of hydrogen-bond acceptors (Lipinski definition) is 21. The molecule has 10 aliphatic rings. The van der Waals surface area contributed by atoms with Crippen molar-refractivity contribution in [3.05, 3.63) is 11.6 Å². The van der Waals surface area contributed by atoms with Gasteiger partial charge in [-0.1, -0.05) is 39.3 Å². The normalized spacial score (nSPS) is 57.5. The molecule has 11 N–H and O–H groups in total. The van der Waals surface area contributed by atoms with E-state index in [0.717, 1.165) is 44.1 Å². The summed E-state index contributed by atoms with van der Waals surface area (Å²) in [7, 11) is 0. The predicted octanol–water partition coefficient (Wildman–Crippen LogP) is -0.542. The smallest absolute Gasteiger partial charge is 0.187 e. The first-order valence-electron chi connectivity index (χ1n) is 26.8. The van der Waals surface area contributed by atoms with Crippen LogP contribution in [0.1, 0.15) is 107 Å². The van der Waals surface area contributed by atoms with E-state index >= 15 is 0 Å². The van der Waals surface area contributed by atoms with E-state index in [1.807, 2.05) is 6.92 Å². The van der Waals surface area contributed by atoms with Crippen LogP contribution in [0.25, 0.3) is 0 Å². The van der Waals surface area contributed by atoms with Crippen LogP contribution in [0.2, 0.25) is 0 Å². The number of allylic oxidation sites excluding steroid dienone is 1. The Labute approximate surface area is 426 Å². The summed E-state index contributed by atoms with van der Waals surface area (Å²) in [6.07, 6.45) is -20.8. The molecule has 73 heavy (non-hydrogen) atoms. The molecule has 10 fully saturated rings. The summed E-state index contributed by atoms with van der Waals surface area (Å²) in [6, 6.07) is 0. The molecule has 0 radical (unpaired) electrons. The maximum atomic E-state index is 12.3. The molecule has 0 aromatic rings. The molecule has 2 bridgehead atoms. The van der Waals surface area contributed by atoms with E-state index in [9.17, 15) is 56.2 Å². The van der Waals surface area contributed by atoms with E-state index in [0.29, 0.717) is 25.4 Å². The molecule has 21 heteroatoms. The Morgan fingerprint density at radius 1 is 0.644 bits per heavy atom. The average Bonchev–Trinajstić information content (AvgIpc) is 3.85. The van der Waals surface area contributed by atoms with Crippen molar-refractivity contribution < 1.29 is 104 Å². The number of hydrogen-bond donors (Lipinski definition) is 11. The second-order valence-corrected chi connectivity index (χ2v) is 25.3. The van der Waals surface area contributed by atoms with E-state index in [2.05, 4.69) is 47.6 Å². The van der Waals surface area contributed by atoms with Gasteiger partial charge in [0.25, 0.3) is 0 Å². The van der Waals surface area contributed by atoms with Gasteiger partial charge < -0.3 is 104 Å². The summed E-state index contributed by atoms with van der Waals surface area (Å²) in [4.78, 5) is 0. The summed E-state index contributed by atoms with van der Waals surface area (Å²) in [5.74, 6) is -0.230. The van der Waals surface area contributed by atoms with Gasteiger partial charge in [0.05, 0.1) is 50.3 Å². The summed E-state index contributed by atoms with van der Waals surface area (Å²) < 4.78 is 63.4. The zero-order valence-corrected chi connectivity index (χ0v) is 43.4. The largest absolute Gasteiger partial charge is 0.394 e. The van der Waals surface area contributed by atoms with Crippen molar-refractivity contribution in [1.29, 1.82) is 0 Å². The Bertz CT molecular complexity index is 2010. The van der Waals surface area contributed by atoms with Gasteiger partial charge in [-0.2, -0.15) is 0 Å². The number of rotatable bonds is 10. The lowest BCUT2D eigenvalue weighted by Crippen LogP contribution is -2.68. The first kappa shape index (κ1) is 55.2. The van der Waals surface area contributed by atoms with Gasteiger partial charge in [0.1, 0.15) is 79.4 Å². The average molecular weight is 1050 g/mol. The lowest BCUT2D eigenvalue weighted by atomic mass is 9.35. The van der Waals surface area contributed by atoms with E-state index < -0.39 is 147 Å². The van der Waals surface area contributed by atoms with Gasteiger partial charge >= 0.3 is 0 Å². The highest BCUT2D eigenvalue weighted by Gasteiger charge is 2.81. The van der Waals surface area contributed by atoms with E-state index in [-0.39, 0.29) is 46.7 Å². The maximum absolute atomic E-state index is 12.3. The van der Waals surface area contributed by atoms with Crippen LogP contribution < -0.4 is 0 Å². The first-order valence-corrected chi connectivity index (χ1v) is 26.8. The van der Waals surface area contributed by atoms with Gasteiger partial charge in [-0.3, -0.25) is 0 Å². The number of fused-ring (bicyclic) bond motifs is 4. The van der Waals surface area contributed by atoms with Crippen LogP contribution in [-0.2, 0) is 47.4 Å². The first-order chi connectivity index (χ1) is 34.2. The van der Waals surface area contributed by atoms with Crippen LogP contribution in [0.4, 0.5) is 0 Å². The van der Waals surface area contributed by atoms with Gasteiger partial charge in [0.15, 0.2) is 30.9 Å². The Balaban J connectivity index is 0.919. The second kappa shape index (κ2) is 19.6. The van der Waals surface area contributed by atoms with E-state index in [1.165, 1.54) is 6.92 Å². The number of aliphatic hydroxyl groups is 11. The minimum absolute atomic E-state index is 0.108. The molecule has 10 rings (SSSR count). The molecule has 0 aromatic heterocycles. The topological polar surface area (TPSA) is 315 Å². The second-order valence-electron chi connectivity index (χ2n) is 25.3. The Kier molecular flexibility index (Phi) is 14.8. The molecule has 21 nitrogen and oxygen atoms in total. The molecule has 2 spiro atoms. The zero-order chi connectivity index (χ0) is 52.7. The Hall–Kier alpha value is -1.10. The molecule has 0 unspecified atom stereocenters. The highest BCUT2D eigenvalue weighted by Crippen LogP contribution is 2.80. The van der Waals surface area contributed by atoms with E-state index in [4.69, 9.17) is 47.4 Å². The van der Waals surface area contributed by atoms with Crippen LogP contribution in [0.5, 0.6) is 0 Å². The summed E-state index contributed by atoms with van der Waals surface area (Å²) in [5, 5.41) is 121. The summed E-state index contributed by atoms with van der Waals surface area (Å²) >= 11 is 0. The highest BCUT2D eigenvalue weighted by atomic mass is 16.8. The zero-order valence-electron chi connectivity index (χ0n) is 43.4. The van der Waals surface area contributed by atoms with Gasteiger partial charge in [0, 0.05) is 24.2 Å². The molecule has 4 saturated carbocycles. The summed E-state index contributed by atoms with van der Waals surface area (Å²) in [6.45, 7) is 15.9. The molecular weight excluding hydrogens is 961 g/mol. The maximum Gasteiger partial charge on any atom is 0.187 e. The molecular formula is C52H84O21. The number of ether oxygens (including phenoxy) is 10. The van der Waals surface area contributed by atoms with Crippen molar-refractivity contribution in [2.24, 2.45) is 45.3 Å². The Morgan fingerprint density at radius 2 is 1.32 bits per heavy atom. The molecule has 0 aromatic carbocycles. The summed E-state index contributed by atoms with van der Waals surface area (Å²) in [5.41, 5.74) is -0.717. The van der Waals surface area contributed by atoms with Crippen LogP contribution in [0.3, 0.4) is 0 Å². The van der Waals surface area contributed by atoms with E-state index in [1.54, 1.807) is 0 Å². The molecule has 418 valence electrons. The standard InChI is InChI=1S/C52H84O21/c1-22(2)15-24-16-50(8,63)42-25-9-10-30-48(6)13-12-31(47(4,5)29(48)11-14-49(30,7)51(25)20-52(42,73-24)66-21-51)69-45-41(72-44-38(62)35(59)32(56)23(3)67-44)39(27(55)19-65-45)70-46-40(36(60)34(58)28(17-53)68-46)71-43-37(61)33(57)26(54)18-64-43/h15,23-46,53-63H,9-14,16-21H2,1-8H3/t23-,24+,25-,26-,27+,28-,29+,30-,31+,32+,33+,34-,35+,36+,37-,38-,39+,40-,41-,42+,43-,44+,45+,46+,48+,49-,50+,51+,52+/m1/s1. The Morgan fingerprint density at radius 3 is 2.03 bits per heavy atom. The number of aliphatic hydroxyl groups excluding tert-OH is 10. The minimum atomic E-state index is -1.87. The van der Waals surface area contributed by atoms with Crippen molar-refractivity contribution in [3.63, 3.8) is 0 Å². The van der Waals surface area contributed by atoms with Crippen molar-refractivity contribution in [3.8, 4) is 0 Å². The lowest BCUT2D eigenvalue weighted by molar-refractivity contribution is -0.399. The third-order valence-corrected chi connectivity index (χ3v) is 20.4. The van der Waals surface area contributed by atoms with Crippen molar-refractivity contribution in [2.45, 2.75) is 241 Å². The quantitative estimate of drug-likeness (QED) is 0.0967. The van der Waals surface area contributed by atoms with Gasteiger partial charge in [0.2, 0.25) is 0 Å². The SMILES string of the molecule is CC(C)=C[C@H]1C[C@](C)(O)[C@@H]2[C@H]3CC[C@@H]4[C@@]5(C)CC[C@H](O[C@@H]6OC[C@H](O)[C@H](O[C@@H]7O[C@H](CO)[C@@H](O)[C@H](O)[C@H]7O[C@H]7OC[C@@H](O)[C@H](O)[C@H]7O)[C@H]6O[C@@H]6O[C@H](C)[C@H](O)[C@H](O)[C@H]6O)C(C)(C)[C@@H]5CC[C@@]4(C)[C@@]34CO[C@@]2(C4)O1. The molecule has 0 amide bonds. The van der Waals surface area contributed by atoms with Gasteiger partial charge in [-0.05, 0) is 100 Å². The van der Waals surface area contributed by atoms with Crippen molar-refractivity contribution in [2.75, 3.05) is 26.4 Å². The molecule has 6 heterocycles. The molecule has 4 aliphatic carbocycles. The monoisotopic (exact) mass is 1040 g/mol. The van der Waals surface area contributed by atoms with Gasteiger partial charge in [-0.15, -0.1) is 0 Å². The third-order valence-electron chi connectivity index (χ3n) is 20.4. The predicted molar refractivity (Wildman–Crippen MR) is 250 cm³/mol. The van der Waals surface area contributed by atoms with Crippen LogP contribution >= 0.6 is 0 Å².